The zero-order chi connectivity index (χ0) is 27.5. The van der Waals surface area contributed by atoms with Crippen molar-refractivity contribution in [3.05, 3.63) is 29.3 Å². The summed E-state index contributed by atoms with van der Waals surface area (Å²) in [5.74, 6) is -4.27. The molecule has 0 radical (unpaired) electrons. The monoisotopic (exact) mass is 532 g/mol. The summed E-state index contributed by atoms with van der Waals surface area (Å²) in [6.45, 7) is 14.0. The predicted octanol–water partition coefficient (Wildman–Crippen LogP) is 4.63. The quantitative estimate of drug-likeness (QED) is 0.244. The average Bonchev–Trinajstić information content (AvgIpc) is 2.78. The van der Waals surface area contributed by atoms with E-state index in [0.29, 0.717) is 24.3 Å². The lowest BCUT2D eigenvalue weighted by Gasteiger charge is -2.46. The lowest BCUT2D eigenvalue weighted by atomic mass is 9.55. The first-order valence-electron chi connectivity index (χ1n) is 13.1. The van der Waals surface area contributed by atoms with Crippen LogP contribution in [0.1, 0.15) is 63.5 Å². The predicted molar refractivity (Wildman–Crippen MR) is 140 cm³/mol. The highest BCUT2D eigenvalue weighted by molar-refractivity contribution is 6.76. The molecule has 4 rings (SSSR count). The van der Waals surface area contributed by atoms with Crippen LogP contribution in [-0.4, -0.2) is 57.2 Å². The highest BCUT2D eigenvalue weighted by Gasteiger charge is 2.57. The number of esters is 3. The maximum Gasteiger partial charge on any atom is 0.344 e. The van der Waals surface area contributed by atoms with Gasteiger partial charge in [-0.2, -0.15) is 0 Å². The van der Waals surface area contributed by atoms with Gasteiger partial charge in [-0.3, -0.25) is 14.4 Å². The van der Waals surface area contributed by atoms with Crippen molar-refractivity contribution in [3.8, 4) is 5.75 Å². The molecule has 0 N–H and O–H groups in total. The fourth-order valence-corrected chi connectivity index (χ4v) is 5.72. The van der Waals surface area contributed by atoms with E-state index in [1.165, 1.54) is 0 Å². The maximum absolute atomic E-state index is 13.3. The Morgan fingerprint density at radius 3 is 2.24 bits per heavy atom. The van der Waals surface area contributed by atoms with E-state index < -0.39 is 55.3 Å². The zero-order valence-corrected chi connectivity index (χ0v) is 24.1. The van der Waals surface area contributed by atoms with E-state index in [1.54, 1.807) is 32.9 Å². The van der Waals surface area contributed by atoms with E-state index in [0.717, 1.165) is 11.6 Å². The van der Waals surface area contributed by atoms with E-state index >= 15 is 0 Å². The van der Waals surface area contributed by atoms with Gasteiger partial charge < -0.3 is 18.9 Å². The van der Waals surface area contributed by atoms with Gasteiger partial charge in [0.15, 0.2) is 6.61 Å². The third-order valence-corrected chi connectivity index (χ3v) is 8.31. The smallest absolute Gasteiger partial charge is 0.344 e. The molecule has 2 bridgehead atoms. The molecule has 3 aliphatic rings. The third-order valence-electron chi connectivity index (χ3n) is 6.61. The Morgan fingerprint density at radius 1 is 0.973 bits per heavy atom. The van der Waals surface area contributed by atoms with Gasteiger partial charge in [-0.05, 0) is 56.5 Å². The summed E-state index contributed by atoms with van der Waals surface area (Å²) in [4.78, 5) is 51.8. The van der Waals surface area contributed by atoms with Crippen LogP contribution >= 0.6 is 0 Å². The molecule has 1 unspecified atom stereocenters. The van der Waals surface area contributed by atoms with Crippen molar-refractivity contribution < 1.29 is 38.1 Å². The van der Waals surface area contributed by atoms with Gasteiger partial charge in [-0.15, -0.1) is 0 Å². The Labute approximate surface area is 220 Å². The number of carbonyl (C=O) groups is 4. The van der Waals surface area contributed by atoms with Gasteiger partial charge in [0, 0.05) is 20.4 Å². The summed E-state index contributed by atoms with van der Waals surface area (Å²) >= 11 is 0. The number of hydrogen-bond donors (Lipinski definition) is 0. The number of hydrogen-bond acceptors (Lipinski definition) is 8. The van der Waals surface area contributed by atoms with Gasteiger partial charge in [-0.25, -0.2) is 4.79 Å². The average molecular weight is 533 g/mol. The molecule has 204 valence electrons. The van der Waals surface area contributed by atoms with Crippen molar-refractivity contribution in [3.63, 3.8) is 0 Å². The molecule has 37 heavy (non-hydrogen) atoms. The number of fused-ring (bicyclic) bond motifs is 2. The fraction of sp³-hybridized carbons (Fsp3) is 0.643. The lowest BCUT2D eigenvalue weighted by Crippen LogP contribution is -2.50. The van der Waals surface area contributed by atoms with E-state index in [9.17, 15) is 19.2 Å². The topological polar surface area (TPSA) is 105 Å². The maximum atomic E-state index is 13.3. The molecule has 3 aliphatic carbocycles. The van der Waals surface area contributed by atoms with Crippen molar-refractivity contribution in [1.29, 1.82) is 0 Å². The van der Waals surface area contributed by atoms with E-state index in [4.69, 9.17) is 18.9 Å². The second-order valence-electron chi connectivity index (χ2n) is 12.1. The number of ketones is 1. The van der Waals surface area contributed by atoms with Crippen molar-refractivity contribution in [2.45, 2.75) is 83.7 Å². The van der Waals surface area contributed by atoms with Crippen LogP contribution in [0.15, 0.2) is 18.2 Å². The van der Waals surface area contributed by atoms with E-state index in [1.807, 2.05) is 13.0 Å². The first-order chi connectivity index (χ1) is 17.2. The van der Waals surface area contributed by atoms with Crippen LogP contribution in [0.2, 0.25) is 25.7 Å². The second kappa shape index (κ2) is 11.4. The Morgan fingerprint density at radius 2 is 1.62 bits per heavy atom. The normalized spacial score (nSPS) is 22.7. The summed E-state index contributed by atoms with van der Waals surface area (Å²) in [5, 5.41) is 0. The van der Waals surface area contributed by atoms with Crippen LogP contribution < -0.4 is 4.74 Å². The molecule has 1 fully saturated rings. The lowest BCUT2D eigenvalue weighted by molar-refractivity contribution is -0.167. The van der Waals surface area contributed by atoms with Crippen LogP contribution in [0, 0.1) is 11.8 Å². The second-order valence-corrected chi connectivity index (χ2v) is 17.7. The Hall–Kier alpha value is -2.68. The van der Waals surface area contributed by atoms with Gasteiger partial charge in [-0.1, -0.05) is 32.6 Å². The van der Waals surface area contributed by atoms with Crippen LogP contribution in [-0.2, 0) is 33.4 Å². The molecule has 0 saturated heterocycles. The molecule has 1 aromatic rings. The summed E-state index contributed by atoms with van der Waals surface area (Å²) in [6.07, 6.45) is 0.798. The zero-order valence-electron chi connectivity index (χ0n) is 23.1. The van der Waals surface area contributed by atoms with Crippen LogP contribution in [0.4, 0.5) is 0 Å². The molecule has 9 heteroatoms. The molecule has 4 atom stereocenters. The summed E-state index contributed by atoms with van der Waals surface area (Å²) in [6, 6.07) is 6.05. The summed E-state index contributed by atoms with van der Waals surface area (Å²) in [7, 11) is -1.42. The number of ether oxygens (including phenoxy) is 4. The SMILES string of the molecule is CCCOC(=O)[C@H]1[C@H](C(=O)OCC[Si](C)(C)C)C2CC(=O)[C@H]1c1cc(OCC(=O)OC(C)(C)C)ccc12. The Bertz CT molecular complexity index is 1040. The van der Waals surface area contributed by atoms with Crippen LogP contribution in [0.5, 0.6) is 5.75 Å². The van der Waals surface area contributed by atoms with E-state index in [2.05, 4.69) is 19.6 Å². The fourth-order valence-electron chi connectivity index (χ4n) is 5.01. The third kappa shape index (κ3) is 7.21. The van der Waals surface area contributed by atoms with Crippen LogP contribution in [0.3, 0.4) is 0 Å². The number of benzene rings is 1. The molecular formula is C28H40O8Si. The molecule has 0 heterocycles. The van der Waals surface area contributed by atoms with Crippen molar-refractivity contribution in [2.75, 3.05) is 19.8 Å². The van der Waals surface area contributed by atoms with Crippen LogP contribution in [0.25, 0.3) is 0 Å². The standard InChI is InChI=1S/C28H40O8Si/c1-8-11-33-27(32)25-23-19-14-17(35-16-22(30)36-28(2,3)4)9-10-18(19)20(15-21(23)29)24(25)26(31)34-12-13-37(5,6)7/h9-10,14,20,23-25H,8,11-13,15-16H2,1-7H3/t20?,23-,24-,25-/m1/s1. The molecule has 8 nitrogen and oxygen atoms in total. The Balaban J connectivity index is 1.89. The number of Topliss-reactive ketones (excluding diaryl/α,β-unsaturated/α-hetero) is 1. The molecule has 0 aromatic heterocycles. The number of carbonyl (C=O) groups excluding carboxylic acids is 4. The summed E-state index contributed by atoms with van der Waals surface area (Å²) in [5.41, 5.74) is 0.848. The Kier molecular flexibility index (Phi) is 8.88. The minimum absolute atomic E-state index is 0.105. The largest absolute Gasteiger partial charge is 0.482 e. The van der Waals surface area contributed by atoms with Gasteiger partial charge in [0.2, 0.25) is 0 Å². The minimum atomic E-state index is -1.42. The van der Waals surface area contributed by atoms with Crippen molar-refractivity contribution in [2.24, 2.45) is 11.8 Å². The molecule has 1 aromatic carbocycles. The number of rotatable bonds is 10. The van der Waals surface area contributed by atoms with Gasteiger partial charge in [0.1, 0.15) is 17.1 Å². The van der Waals surface area contributed by atoms with Crippen molar-refractivity contribution >= 4 is 31.8 Å². The molecule has 0 aliphatic heterocycles. The minimum Gasteiger partial charge on any atom is -0.482 e. The van der Waals surface area contributed by atoms with Crippen molar-refractivity contribution in [1.82, 2.24) is 0 Å². The van der Waals surface area contributed by atoms with E-state index in [-0.39, 0.29) is 25.4 Å². The first-order valence-corrected chi connectivity index (χ1v) is 16.8. The highest BCUT2D eigenvalue weighted by atomic mass is 28.3. The first kappa shape index (κ1) is 28.9. The van der Waals surface area contributed by atoms with Gasteiger partial charge in [0.05, 0.1) is 31.0 Å². The highest BCUT2D eigenvalue weighted by Crippen LogP contribution is 2.55. The van der Waals surface area contributed by atoms with Gasteiger partial charge >= 0.3 is 17.9 Å². The molecule has 1 saturated carbocycles. The van der Waals surface area contributed by atoms with Gasteiger partial charge in [0.25, 0.3) is 0 Å². The molecule has 0 amide bonds. The molecular weight excluding hydrogens is 492 g/mol. The summed E-state index contributed by atoms with van der Waals surface area (Å²) < 4.78 is 22.1. The molecule has 0 spiro atoms.